The highest BCUT2D eigenvalue weighted by molar-refractivity contribution is 5.87. The number of nitrogens with zero attached hydrogens (tertiary/aromatic N) is 1. The molecule has 1 amide bonds. The van der Waals surface area contributed by atoms with Gasteiger partial charge in [-0.05, 0) is 24.0 Å². The molecular formula is C27H31N2O+. The lowest BCUT2D eigenvalue weighted by Gasteiger charge is -2.42. The van der Waals surface area contributed by atoms with Gasteiger partial charge in [0.1, 0.15) is 6.54 Å². The molecule has 1 heterocycles. The summed E-state index contributed by atoms with van der Waals surface area (Å²) in [5.41, 5.74) is 3.44. The molecule has 0 bridgehead atoms. The van der Waals surface area contributed by atoms with Crippen LogP contribution in [-0.4, -0.2) is 36.6 Å². The number of quaternary nitrogens is 1. The summed E-state index contributed by atoms with van der Waals surface area (Å²) >= 11 is 0. The highest BCUT2D eigenvalue weighted by Crippen LogP contribution is 2.26. The Morgan fingerprint density at radius 2 is 1.43 bits per heavy atom. The summed E-state index contributed by atoms with van der Waals surface area (Å²) in [7, 11) is 2.32. The van der Waals surface area contributed by atoms with Crippen molar-refractivity contribution in [3.8, 4) is 0 Å². The van der Waals surface area contributed by atoms with Crippen LogP contribution in [0.5, 0.6) is 0 Å². The fourth-order valence-corrected chi connectivity index (χ4v) is 4.79. The molecule has 154 valence electrons. The Labute approximate surface area is 180 Å². The lowest BCUT2D eigenvalue weighted by Crippen LogP contribution is -2.57. The number of benzene rings is 3. The molecule has 3 nitrogen and oxygen atoms in total. The van der Waals surface area contributed by atoms with Gasteiger partial charge in [0.05, 0.1) is 32.1 Å². The summed E-state index contributed by atoms with van der Waals surface area (Å²) in [5, 5.41) is 3.40. The first kappa shape index (κ1) is 20.4. The molecule has 1 saturated heterocycles. The molecule has 0 radical (unpaired) electrons. The van der Waals surface area contributed by atoms with E-state index in [0.717, 1.165) is 48.1 Å². The maximum atomic E-state index is 13.5. The molecular weight excluding hydrogens is 368 g/mol. The zero-order valence-electron chi connectivity index (χ0n) is 17.7. The van der Waals surface area contributed by atoms with Crippen LogP contribution >= 0.6 is 0 Å². The number of likely N-dealkylation sites (tertiary alicyclic amines) is 1. The largest absolute Gasteiger partial charge is 0.347 e. The van der Waals surface area contributed by atoms with Crippen LogP contribution < -0.4 is 5.32 Å². The van der Waals surface area contributed by atoms with E-state index in [9.17, 15) is 4.79 Å². The third-order valence-electron chi connectivity index (χ3n) is 6.19. The molecule has 0 aliphatic carbocycles. The monoisotopic (exact) mass is 399 g/mol. The van der Waals surface area contributed by atoms with Crippen LogP contribution in [0.4, 0.5) is 0 Å². The molecule has 1 aliphatic heterocycles. The van der Waals surface area contributed by atoms with E-state index in [4.69, 9.17) is 0 Å². The summed E-state index contributed by atoms with van der Waals surface area (Å²) in [4.78, 5) is 13.5. The third kappa shape index (κ3) is 4.98. The molecule has 1 aliphatic rings. The first-order chi connectivity index (χ1) is 14.6. The van der Waals surface area contributed by atoms with Crippen molar-refractivity contribution in [1.29, 1.82) is 0 Å². The van der Waals surface area contributed by atoms with Gasteiger partial charge in [0.15, 0.2) is 0 Å². The second kappa shape index (κ2) is 9.27. The van der Waals surface area contributed by atoms with E-state index >= 15 is 0 Å². The zero-order valence-corrected chi connectivity index (χ0v) is 17.7. The standard InChI is InChI=1S/C27H30N2O/c1-29(20-22-12-5-2-6-13-22)19-11-18-25(21-29)28-27(30)26(23-14-7-3-8-15-23)24-16-9-4-10-17-24/h2-10,12-17,25-26H,11,18-21H2,1H3/p+1/t25-,29-/m0/s1. The van der Waals surface area contributed by atoms with Crippen LogP contribution in [0, 0.1) is 0 Å². The van der Waals surface area contributed by atoms with Crippen LogP contribution in [0.1, 0.15) is 35.4 Å². The number of amides is 1. The average Bonchev–Trinajstić information content (AvgIpc) is 2.76. The second-order valence-corrected chi connectivity index (χ2v) is 8.77. The summed E-state index contributed by atoms with van der Waals surface area (Å²) in [6.07, 6.45) is 2.18. The molecule has 2 atom stereocenters. The van der Waals surface area contributed by atoms with Crippen molar-refractivity contribution in [3.05, 3.63) is 108 Å². The molecule has 0 spiro atoms. The summed E-state index contributed by atoms with van der Waals surface area (Å²) in [5.74, 6) is -0.173. The Morgan fingerprint density at radius 3 is 2.00 bits per heavy atom. The molecule has 1 N–H and O–H groups in total. The van der Waals surface area contributed by atoms with E-state index in [1.807, 2.05) is 60.7 Å². The van der Waals surface area contributed by atoms with Crippen molar-refractivity contribution in [2.24, 2.45) is 0 Å². The third-order valence-corrected chi connectivity index (χ3v) is 6.19. The maximum Gasteiger partial charge on any atom is 0.232 e. The predicted molar refractivity (Wildman–Crippen MR) is 122 cm³/mol. The first-order valence-corrected chi connectivity index (χ1v) is 10.9. The van der Waals surface area contributed by atoms with Gasteiger partial charge < -0.3 is 9.80 Å². The summed E-state index contributed by atoms with van der Waals surface area (Å²) in [6, 6.07) is 31.1. The number of rotatable bonds is 6. The smallest absolute Gasteiger partial charge is 0.232 e. The van der Waals surface area contributed by atoms with E-state index in [1.54, 1.807) is 0 Å². The van der Waals surface area contributed by atoms with Crippen molar-refractivity contribution in [2.45, 2.75) is 31.3 Å². The van der Waals surface area contributed by atoms with Crippen LogP contribution in [0.25, 0.3) is 0 Å². The second-order valence-electron chi connectivity index (χ2n) is 8.77. The van der Waals surface area contributed by atoms with Crippen molar-refractivity contribution >= 4 is 5.91 Å². The SMILES string of the molecule is C[N@@+]1(Cc2ccccc2)CCC[C@H](NC(=O)C(c2ccccc2)c2ccccc2)C1. The van der Waals surface area contributed by atoms with Gasteiger partial charge >= 0.3 is 0 Å². The van der Waals surface area contributed by atoms with E-state index in [1.165, 1.54) is 5.56 Å². The lowest BCUT2D eigenvalue weighted by atomic mass is 9.90. The fraction of sp³-hybridized carbons (Fsp3) is 0.296. The van der Waals surface area contributed by atoms with Gasteiger partial charge in [-0.1, -0.05) is 91.0 Å². The Balaban J connectivity index is 1.49. The number of piperidine rings is 1. The van der Waals surface area contributed by atoms with Crippen molar-refractivity contribution in [1.82, 2.24) is 5.32 Å². The quantitative estimate of drug-likeness (QED) is 0.596. The Bertz CT molecular complexity index is 903. The van der Waals surface area contributed by atoms with Gasteiger partial charge in [-0.2, -0.15) is 0 Å². The number of likely N-dealkylation sites (N-methyl/N-ethyl adjacent to an activating group) is 1. The van der Waals surface area contributed by atoms with E-state index in [2.05, 4.69) is 42.7 Å². The van der Waals surface area contributed by atoms with Crippen LogP contribution in [-0.2, 0) is 11.3 Å². The van der Waals surface area contributed by atoms with Gasteiger partial charge in [0.2, 0.25) is 5.91 Å². The minimum atomic E-state index is -0.276. The van der Waals surface area contributed by atoms with Gasteiger partial charge in [-0.15, -0.1) is 0 Å². The highest BCUT2D eigenvalue weighted by Gasteiger charge is 2.34. The molecule has 3 heteroatoms. The number of hydrogen-bond acceptors (Lipinski definition) is 1. The number of hydrogen-bond donors (Lipinski definition) is 1. The Hall–Kier alpha value is -2.91. The van der Waals surface area contributed by atoms with Crippen LogP contribution in [0.3, 0.4) is 0 Å². The first-order valence-electron chi connectivity index (χ1n) is 10.9. The number of nitrogens with one attached hydrogen (secondary N) is 1. The highest BCUT2D eigenvalue weighted by atomic mass is 16.2. The molecule has 4 rings (SSSR count). The number of carbonyl (C=O) groups is 1. The molecule has 1 fully saturated rings. The lowest BCUT2D eigenvalue weighted by molar-refractivity contribution is -0.927. The molecule has 30 heavy (non-hydrogen) atoms. The predicted octanol–water partition coefficient (Wildman–Crippen LogP) is 4.74. The van der Waals surface area contributed by atoms with E-state index < -0.39 is 0 Å². The van der Waals surface area contributed by atoms with Gasteiger partial charge in [-0.3, -0.25) is 4.79 Å². The topological polar surface area (TPSA) is 29.1 Å². The molecule has 3 aromatic rings. The van der Waals surface area contributed by atoms with Crippen LogP contribution in [0.2, 0.25) is 0 Å². The normalized spacial score (nSPS) is 21.3. The average molecular weight is 400 g/mol. The molecule has 3 aromatic carbocycles. The maximum absolute atomic E-state index is 13.5. The molecule has 0 aromatic heterocycles. The Kier molecular flexibility index (Phi) is 6.29. The number of carbonyl (C=O) groups excluding carboxylic acids is 1. The van der Waals surface area contributed by atoms with Crippen molar-refractivity contribution in [3.63, 3.8) is 0 Å². The van der Waals surface area contributed by atoms with E-state index in [0.29, 0.717) is 0 Å². The molecule has 0 saturated carbocycles. The van der Waals surface area contributed by atoms with Gasteiger partial charge in [0.25, 0.3) is 0 Å². The summed E-state index contributed by atoms with van der Waals surface area (Å²) < 4.78 is 0.969. The zero-order chi connectivity index (χ0) is 20.8. The van der Waals surface area contributed by atoms with Gasteiger partial charge in [0, 0.05) is 5.56 Å². The Morgan fingerprint density at radius 1 is 0.900 bits per heavy atom. The molecule has 0 unspecified atom stereocenters. The van der Waals surface area contributed by atoms with Crippen molar-refractivity contribution in [2.75, 3.05) is 20.1 Å². The fourth-order valence-electron chi connectivity index (χ4n) is 4.79. The van der Waals surface area contributed by atoms with Crippen molar-refractivity contribution < 1.29 is 9.28 Å². The minimum absolute atomic E-state index is 0.102. The summed E-state index contributed by atoms with van der Waals surface area (Å²) in [6.45, 7) is 3.13. The van der Waals surface area contributed by atoms with Gasteiger partial charge in [-0.25, -0.2) is 0 Å². The van der Waals surface area contributed by atoms with E-state index in [-0.39, 0.29) is 17.9 Å². The minimum Gasteiger partial charge on any atom is -0.347 e. The van der Waals surface area contributed by atoms with Crippen LogP contribution in [0.15, 0.2) is 91.0 Å².